The number of aliphatic carboxylic acids is 1. The van der Waals surface area contributed by atoms with Crippen LogP contribution in [0.1, 0.15) is 32.6 Å². The van der Waals surface area contributed by atoms with Gasteiger partial charge in [-0.2, -0.15) is 0 Å². The number of amides is 2. The summed E-state index contributed by atoms with van der Waals surface area (Å²) in [6.07, 6.45) is 3.84. The van der Waals surface area contributed by atoms with E-state index in [2.05, 4.69) is 0 Å². The van der Waals surface area contributed by atoms with Crippen LogP contribution in [0.2, 0.25) is 0 Å². The fourth-order valence-corrected chi connectivity index (χ4v) is 3.11. The van der Waals surface area contributed by atoms with Gasteiger partial charge in [-0.15, -0.1) is 0 Å². The second-order valence-corrected chi connectivity index (χ2v) is 5.14. The van der Waals surface area contributed by atoms with Crippen molar-refractivity contribution in [3.8, 4) is 0 Å². The van der Waals surface area contributed by atoms with Gasteiger partial charge in [0.1, 0.15) is 6.04 Å². The molecule has 3 unspecified atom stereocenters. The molecule has 96 valence electrons. The van der Waals surface area contributed by atoms with Gasteiger partial charge >= 0.3 is 12.0 Å². The number of likely N-dealkylation sites (N-methyl/N-ethyl adjacent to an activating group) is 1. The fourth-order valence-electron chi connectivity index (χ4n) is 3.11. The molecule has 1 aliphatic carbocycles. The van der Waals surface area contributed by atoms with Gasteiger partial charge in [-0.25, -0.2) is 9.59 Å². The van der Waals surface area contributed by atoms with Crippen LogP contribution in [0, 0.1) is 5.92 Å². The van der Waals surface area contributed by atoms with E-state index in [4.69, 9.17) is 5.11 Å². The first-order valence-electron chi connectivity index (χ1n) is 6.30. The topological polar surface area (TPSA) is 60.9 Å². The standard InChI is InChI=1S/C12H20N2O3/c1-3-10(11(15)16)13(2)12(17)14-7-8-4-5-9(14)6-8/h8-10H,3-7H2,1-2H3,(H,15,16). The Kier molecular flexibility index (Phi) is 3.26. The Balaban J connectivity index is 2.02. The predicted molar refractivity (Wildman–Crippen MR) is 62.7 cm³/mol. The van der Waals surface area contributed by atoms with Gasteiger partial charge in [0.15, 0.2) is 0 Å². The van der Waals surface area contributed by atoms with E-state index in [1.807, 2.05) is 4.90 Å². The molecular weight excluding hydrogens is 220 g/mol. The quantitative estimate of drug-likeness (QED) is 0.810. The number of hydrogen-bond donors (Lipinski definition) is 1. The predicted octanol–water partition coefficient (Wildman–Crippen LogP) is 1.39. The maximum atomic E-state index is 12.2. The normalized spacial score (nSPS) is 28.2. The SMILES string of the molecule is CCC(C(=O)O)N(C)C(=O)N1CC2CCC1C2. The third-order valence-electron chi connectivity index (χ3n) is 4.10. The summed E-state index contributed by atoms with van der Waals surface area (Å²) < 4.78 is 0. The molecule has 5 heteroatoms. The minimum absolute atomic E-state index is 0.119. The molecule has 2 bridgehead atoms. The van der Waals surface area contributed by atoms with Crippen LogP contribution >= 0.6 is 0 Å². The molecule has 0 radical (unpaired) electrons. The maximum absolute atomic E-state index is 12.2. The molecule has 1 saturated carbocycles. The summed E-state index contributed by atoms with van der Waals surface area (Å²) in [5.74, 6) is -0.282. The first-order valence-corrected chi connectivity index (χ1v) is 6.30. The van der Waals surface area contributed by atoms with Gasteiger partial charge in [0.2, 0.25) is 0 Å². The molecule has 2 amide bonds. The second kappa shape index (κ2) is 4.55. The molecule has 0 spiro atoms. The first kappa shape index (κ1) is 12.2. The molecule has 3 atom stereocenters. The van der Waals surface area contributed by atoms with Crippen molar-refractivity contribution in [3.05, 3.63) is 0 Å². The number of carbonyl (C=O) groups is 2. The van der Waals surface area contributed by atoms with E-state index in [9.17, 15) is 9.59 Å². The summed E-state index contributed by atoms with van der Waals surface area (Å²) in [6.45, 7) is 2.60. The molecule has 1 aliphatic heterocycles. The lowest BCUT2D eigenvalue weighted by Crippen LogP contribution is -2.50. The lowest BCUT2D eigenvalue weighted by Gasteiger charge is -2.33. The van der Waals surface area contributed by atoms with Crippen LogP contribution < -0.4 is 0 Å². The van der Waals surface area contributed by atoms with Gasteiger partial charge in [0.25, 0.3) is 0 Å². The maximum Gasteiger partial charge on any atom is 0.326 e. The van der Waals surface area contributed by atoms with Crippen LogP contribution in [0.3, 0.4) is 0 Å². The molecule has 0 aromatic rings. The number of likely N-dealkylation sites (tertiary alicyclic amines) is 1. The van der Waals surface area contributed by atoms with E-state index >= 15 is 0 Å². The number of urea groups is 1. The number of carbonyl (C=O) groups excluding carboxylic acids is 1. The molecule has 17 heavy (non-hydrogen) atoms. The van der Waals surface area contributed by atoms with E-state index in [0.717, 1.165) is 19.4 Å². The Morgan fingerprint density at radius 3 is 2.59 bits per heavy atom. The van der Waals surface area contributed by atoms with Crippen molar-refractivity contribution in [2.24, 2.45) is 5.92 Å². The third-order valence-corrected chi connectivity index (χ3v) is 4.10. The molecule has 1 saturated heterocycles. The number of carboxylic acids is 1. The van der Waals surface area contributed by atoms with Gasteiger partial charge in [-0.3, -0.25) is 0 Å². The molecule has 2 aliphatic rings. The molecular formula is C12H20N2O3. The summed E-state index contributed by atoms with van der Waals surface area (Å²) in [5.41, 5.74) is 0. The van der Waals surface area contributed by atoms with Crippen LogP contribution in [0.25, 0.3) is 0 Å². The minimum Gasteiger partial charge on any atom is -0.480 e. The van der Waals surface area contributed by atoms with E-state index in [1.54, 1.807) is 14.0 Å². The summed E-state index contributed by atoms with van der Waals surface area (Å²) in [6, 6.07) is -0.477. The number of nitrogens with zero attached hydrogens (tertiary/aromatic N) is 2. The van der Waals surface area contributed by atoms with Crippen LogP contribution in [-0.2, 0) is 4.79 Å². The van der Waals surface area contributed by atoms with Gasteiger partial charge in [0.05, 0.1) is 0 Å². The largest absolute Gasteiger partial charge is 0.480 e. The summed E-state index contributed by atoms with van der Waals surface area (Å²) in [7, 11) is 1.59. The van der Waals surface area contributed by atoms with Crippen molar-refractivity contribution in [2.75, 3.05) is 13.6 Å². The smallest absolute Gasteiger partial charge is 0.326 e. The average Bonchev–Trinajstić information content (AvgIpc) is 2.89. The second-order valence-electron chi connectivity index (χ2n) is 5.14. The van der Waals surface area contributed by atoms with Crippen molar-refractivity contribution >= 4 is 12.0 Å². The summed E-state index contributed by atoms with van der Waals surface area (Å²) >= 11 is 0. The van der Waals surface area contributed by atoms with Gasteiger partial charge in [-0.05, 0) is 31.6 Å². The Labute approximate surface area is 101 Å². The lowest BCUT2D eigenvalue weighted by atomic mass is 10.1. The highest BCUT2D eigenvalue weighted by molar-refractivity contribution is 5.82. The van der Waals surface area contributed by atoms with Crippen molar-refractivity contribution in [3.63, 3.8) is 0 Å². The lowest BCUT2D eigenvalue weighted by molar-refractivity contribution is -0.142. The minimum atomic E-state index is -0.923. The molecule has 5 nitrogen and oxygen atoms in total. The number of fused-ring (bicyclic) bond motifs is 2. The molecule has 2 rings (SSSR count). The van der Waals surface area contributed by atoms with E-state index in [-0.39, 0.29) is 6.03 Å². The number of rotatable bonds is 3. The molecule has 0 aromatic carbocycles. The first-order chi connectivity index (χ1) is 8.04. The van der Waals surface area contributed by atoms with Crippen LogP contribution in [0.15, 0.2) is 0 Å². The molecule has 1 heterocycles. The van der Waals surface area contributed by atoms with Crippen molar-refractivity contribution in [1.82, 2.24) is 9.80 Å². The van der Waals surface area contributed by atoms with Gasteiger partial charge < -0.3 is 14.9 Å². The zero-order valence-electron chi connectivity index (χ0n) is 10.4. The monoisotopic (exact) mass is 240 g/mol. The summed E-state index contributed by atoms with van der Waals surface area (Å²) in [5, 5.41) is 9.05. The molecule has 1 N–H and O–H groups in total. The van der Waals surface area contributed by atoms with Crippen molar-refractivity contribution < 1.29 is 14.7 Å². The Morgan fingerprint density at radius 1 is 1.47 bits per heavy atom. The van der Waals surface area contributed by atoms with Crippen LogP contribution in [0.4, 0.5) is 4.79 Å². The van der Waals surface area contributed by atoms with Crippen LogP contribution in [0.5, 0.6) is 0 Å². The number of piperidine rings is 1. The van der Waals surface area contributed by atoms with Crippen molar-refractivity contribution in [1.29, 1.82) is 0 Å². The van der Waals surface area contributed by atoms with E-state index in [1.165, 1.54) is 11.3 Å². The number of hydrogen-bond acceptors (Lipinski definition) is 2. The highest BCUT2D eigenvalue weighted by atomic mass is 16.4. The van der Waals surface area contributed by atoms with E-state index < -0.39 is 12.0 Å². The highest BCUT2D eigenvalue weighted by Crippen LogP contribution is 2.37. The Hall–Kier alpha value is -1.26. The molecule has 2 fully saturated rings. The number of carboxylic acid groups (broad SMARTS) is 1. The highest BCUT2D eigenvalue weighted by Gasteiger charge is 2.42. The zero-order valence-corrected chi connectivity index (χ0v) is 10.4. The van der Waals surface area contributed by atoms with Gasteiger partial charge in [0, 0.05) is 19.6 Å². The fraction of sp³-hybridized carbons (Fsp3) is 0.833. The summed E-state index contributed by atoms with van der Waals surface area (Å²) in [4.78, 5) is 26.5. The Morgan fingerprint density at radius 2 is 2.18 bits per heavy atom. The average molecular weight is 240 g/mol. The van der Waals surface area contributed by atoms with Crippen molar-refractivity contribution in [2.45, 2.75) is 44.7 Å². The van der Waals surface area contributed by atoms with E-state index in [0.29, 0.717) is 18.4 Å². The Bertz CT molecular complexity index is 332. The van der Waals surface area contributed by atoms with Gasteiger partial charge in [-0.1, -0.05) is 6.92 Å². The zero-order chi connectivity index (χ0) is 12.6. The molecule has 0 aromatic heterocycles. The van der Waals surface area contributed by atoms with Crippen LogP contribution in [-0.4, -0.2) is 52.6 Å². The third kappa shape index (κ3) is 2.10.